The van der Waals surface area contributed by atoms with Crippen LogP contribution < -0.4 is 16.0 Å². The zero-order chi connectivity index (χ0) is 22.4. The van der Waals surface area contributed by atoms with Gasteiger partial charge in [-0.05, 0) is 75.8 Å². The van der Waals surface area contributed by atoms with Crippen LogP contribution in [0, 0.1) is 0 Å². The number of benzene rings is 1. The molecule has 170 valence electrons. The largest absolute Gasteiger partial charge is 0.351 e. The molecular weight excluding hydrogens is 424 g/mol. The molecule has 0 aliphatic heterocycles. The maximum atomic E-state index is 12.8. The molecule has 8 heteroatoms. The van der Waals surface area contributed by atoms with Gasteiger partial charge in [0, 0.05) is 34.6 Å². The third-order valence-electron chi connectivity index (χ3n) is 6.37. The molecule has 1 aromatic carbocycles. The molecule has 2 aliphatic rings. The van der Waals surface area contributed by atoms with Gasteiger partial charge in [-0.15, -0.1) is 0 Å². The Balaban J connectivity index is 1.41. The van der Waals surface area contributed by atoms with Crippen molar-refractivity contribution < 1.29 is 4.79 Å². The fraction of sp³-hybridized carbons (Fsp3) is 0.500. The van der Waals surface area contributed by atoms with Crippen LogP contribution in [0.15, 0.2) is 47.7 Å². The van der Waals surface area contributed by atoms with Crippen LogP contribution in [0.4, 0.5) is 5.95 Å². The summed E-state index contributed by atoms with van der Waals surface area (Å²) in [6, 6.07) is 9.24. The van der Waals surface area contributed by atoms with E-state index in [9.17, 15) is 4.79 Å². The summed E-state index contributed by atoms with van der Waals surface area (Å²) in [6.07, 6.45) is 11.9. The molecule has 1 aromatic heterocycles. The Morgan fingerprint density at radius 2 is 1.72 bits per heavy atom. The quantitative estimate of drug-likeness (QED) is 0.455. The number of carbonyl (C=O) groups excluding carboxylic acids is 1. The van der Waals surface area contributed by atoms with Crippen molar-refractivity contribution in [1.29, 1.82) is 0 Å². The van der Waals surface area contributed by atoms with Crippen LogP contribution in [0.3, 0.4) is 0 Å². The molecule has 0 bridgehead atoms. The molecule has 1 amide bonds. The van der Waals surface area contributed by atoms with Gasteiger partial charge in [-0.1, -0.05) is 24.4 Å². The Kier molecular flexibility index (Phi) is 7.25. The van der Waals surface area contributed by atoms with Crippen molar-refractivity contribution in [2.45, 2.75) is 75.9 Å². The molecule has 32 heavy (non-hydrogen) atoms. The van der Waals surface area contributed by atoms with Gasteiger partial charge in [0.15, 0.2) is 5.96 Å². The number of hydrogen-bond donors (Lipinski definition) is 3. The Morgan fingerprint density at radius 1 is 1.06 bits per heavy atom. The second-order valence-electron chi connectivity index (χ2n) is 9.05. The van der Waals surface area contributed by atoms with E-state index >= 15 is 0 Å². The molecule has 0 atom stereocenters. The Hall–Kier alpha value is -2.67. The van der Waals surface area contributed by atoms with Crippen molar-refractivity contribution in [1.82, 2.24) is 20.6 Å². The van der Waals surface area contributed by atoms with Crippen molar-refractivity contribution in [3.05, 3.63) is 53.3 Å². The average Bonchev–Trinajstić information content (AvgIpc) is 3.22. The van der Waals surface area contributed by atoms with Crippen molar-refractivity contribution in [3.63, 3.8) is 0 Å². The normalized spacial score (nSPS) is 22.9. The lowest BCUT2D eigenvalue weighted by molar-refractivity contribution is 0.0975. The standard InChI is InChI=1S/C24H31ClN6O/c1-24(13-2-3-14-24)31-23(30-21(32)17-5-7-18(25)8-6-17)29-20-11-9-19(10-12-20)28-22-26-15-4-16-27-22/h4-8,15-16,19-20H,2-3,9-14H2,1H3,(H,26,27,28)(H2,29,30,31,32). The van der Waals surface area contributed by atoms with E-state index in [-0.39, 0.29) is 17.5 Å². The molecule has 1 heterocycles. The Bertz CT molecular complexity index is 919. The lowest BCUT2D eigenvalue weighted by Gasteiger charge is -2.30. The minimum absolute atomic E-state index is 0.0322. The smallest absolute Gasteiger partial charge is 0.257 e. The van der Waals surface area contributed by atoms with Crippen LogP contribution in [0.5, 0.6) is 0 Å². The molecule has 3 N–H and O–H groups in total. The molecule has 2 aromatic rings. The van der Waals surface area contributed by atoms with E-state index in [0.29, 0.717) is 28.5 Å². The zero-order valence-electron chi connectivity index (χ0n) is 18.5. The highest BCUT2D eigenvalue weighted by molar-refractivity contribution is 6.30. The van der Waals surface area contributed by atoms with E-state index in [1.807, 2.05) is 6.07 Å². The molecule has 0 radical (unpaired) electrons. The van der Waals surface area contributed by atoms with E-state index < -0.39 is 0 Å². The second kappa shape index (κ2) is 10.3. The number of rotatable bonds is 5. The van der Waals surface area contributed by atoms with Crippen molar-refractivity contribution in [2.75, 3.05) is 5.32 Å². The monoisotopic (exact) mass is 454 g/mol. The number of carbonyl (C=O) groups is 1. The minimum atomic E-state index is -0.175. The predicted octanol–water partition coefficient (Wildman–Crippen LogP) is 4.56. The van der Waals surface area contributed by atoms with Crippen LogP contribution in [-0.2, 0) is 0 Å². The summed E-state index contributed by atoms with van der Waals surface area (Å²) in [6.45, 7) is 2.21. The van der Waals surface area contributed by atoms with Gasteiger partial charge < -0.3 is 10.6 Å². The number of nitrogens with zero attached hydrogens (tertiary/aromatic N) is 3. The SMILES string of the molecule is CC1(NC(=NC2CCC(Nc3ncccn3)CC2)NC(=O)c2ccc(Cl)cc2)CCCC1. The van der Waals surface area contributed by atoms with Gasteiger partial charge in [0.1, 0.15) is 0 Å². The van der Waals surface area contributed by atoms with E-state index in [0.717, 1.165) is 38.5 Å². The number of aliphatic imine (C=N–C) groups is 1. The number of amides is 1. The van der Waals surface area contributed by atoms with Crippen LogP contribution in [0.25, 0.3) is 0 Å². The average molecular weight is 455 g/mol. The molecule has 2 fully saturated rings. The van der Waals surface area contributed by atoms with Crippen molar-refractivity contribution in [3.8, 4) is 0 Å². The molecular formula is C24H31ClN6O. The Morgan fingerprint density at radius 3 is 2.38 bits per heavy atom. The summed E-state index contributed by atoms with van der Waals surface area (Å²) >= 11 is 5.96. The molecule has 7 nitrogen and oxygen atoms in total. The first kappa shape index (κ1) is 22.5. The number of hydrogen-bond acceptors (Lipinski definition) is 5. The van der Waals surface area contributed by atoms with Crippen LogP contribution >= 0.6 is 11.6 Å². The highest BCUT2D eigenvalue weighted by Gasteiger charge is 2.31. The maximum absolute atomic E-state index is 12.8. The predicted molar refractivity (Wildman–Crippen MR) is 128 cm³/mol. The first-order valence-electron chi connectivity index (χ1n) is 11.5. The van der Waals surface area contributed by atoms with E-state index in [4.69, 9.17) is 16.6 Å². The van der Waals surface area contributed by atoms with Gasteiger partial charge >= 0.3 is 0 Å². The lowest BCUT2D eigenvalue weighted by Crippen LogP contribution is -2.51. The fourth-order valence-corrected chi connectivity index (χ4v) is 4.66. The van der Waals surface area contributed by atoms with Crippen LogP contribution in [-0.4, -0.2) is 39.5 Å². The number of halogens is 1. The number of guanidine groups is 1. The first-order valence-corrected chi connectivity index (χ1v) is 11.8. The summed E-state index contributed by atoms with van der Waals surface area (Å²) in [5.41, 5.74) is 0.534. The first-order chi connectivity index (χ1) is 15.5. The lowest BCUT2D eigenvalue weighted by atomic mass is 9.91. The topological polar surface area (TPSA) is 91.3 Å². The maximum Gasteiger partial charge on any atom is 0.257 e. The van der Waals surface area contributed by atoms with Crippen molar-refractivity contribution in [2.24, 2.45) is 4.99 Å². The minimum Gasteiger partial charge on any atom is -0.351 e. The van der Waals surface area contributed by atoms with Gasteiger partial charge in [0.2, 0.25) is 5.95 Å². The number of aromatic nitrogens is 2. The molecule has 0 spiro atoms. The molecule has 4 rings (SSSR count). The molecule has 0 unspecified atom stereocenters. The third kappa shape index (κ3) is 6.19. The van der Waals surface area contributed by atoms with Crippen molar-refractivity contribution >= 4 is 29.4 Å². The third-order valence-corrected chi connectivity index (χ3v) is 6.62. The van der Waals surface area contributed by atoms with Gasteiger partial charge in [0.25, 0.3) is 5.91 Å². The van der Waals surface area contributed by atoms with Crippen LogP contribution in [0.1, 0.15) is 68.6 Å². The second-order valence-corrected chi connectivity index (χ2v) is 9.49. The molecule has 0 saturated heterocycles. The van der Waals surface area contributed by atoms with Gasteiger partial charge in [-0.3, -0.25) is 10.1 Å². The van der Waals surface area contributed by atoms with Crippen LogP contribution in [0.2, 0.25) is 5.02 Å². The summed E-state index contributed by atoms with van der Waals surface area (Å²) < 4.78 is 0. The Labute approximate surface area is 194 Å². The van der Waals surface area contributed by atoms with E-state index in [2.05, 4.69) is 32.8 Å². The number of nitrogens with one attached hydrogen (secondary N) is 3. The highest BCUT2D eigenvalue weighted by atomic mass is 35.5. The molecule has 2 aliphatic carbocycles. The van der Waals surface area contributed by atoms with Gasteiger partial charge in [0.05, 0.1) is 6.04 Å². The summed E-state index contributed by atoms with van der Waals surface area (Å²) in [5, 5.41) is 10.6. The fourth-order valence-electron chi connectivity index (χ4n) is 4.53. The number of anilines is 1. The van der Waals surface area contributed by atoms with E-state index in [1.54, 1.807) is 36.7 Å². The molecule has 2 saturated carbocycles. The summed E-state index contributed by atoms with van der Waals surface area (Å²) in [5.74, 6) is 1.08. The van der Waals surface area contributed by atoms with Gasteiger partial charge in [-0.2, -0.15) is 0 Å². The summed E-state index contributed by atoms with van der Waals surface area (Å²) in [4.78, 5) is 26.3. The zero-order valence-corrected chi connectivity index (χ0v) is 19.2. The highest BCUT2D eigenvalue weighted by Crippen LogP contribution is 2.29. The summed E-state index contributed by atoms with van der Waals surface area (Å²) in [7, 11) is 0. The van der Waals surface area contributed by atoms with Gasteiger partial charge in [-0.25, -0.2) is 15.0 Å². The van der Waals surface area contributed by atoms with E-state index in [1.165, 1.54) is 12.8 Å².